The largest absolute Gasteiger partial charge is 0.366 e. The van der Waals surface area contributed by atoms with Crippen LogP contribution in [0.5, 0.6) is 0 Å². The van der Waals surface area contributed by atoms with Crippen LogP contribution >= 0.6 is 23.2 Å². The van der Waals surface area contributed by atoms with Gasteiger partial charge in [-0.1, -0.05) is 42.6 Å². The number of nitrogens with zero attached hydrogens (tertiary/aromatic N) is 3. The number of rotatable bonds is 7. The molecular formula is C16H21Cl2N3O. The zero-order valence-electron chi connectivity index (χ0n) is 13.1. The van der Waals surface area contributed by atoms with Crippen molar-refractivity contribution in [3.8, 4) is 0 Å². The number of hydrogen-bond donors (Lipinski definition) is 0. The van der Waals surface area contributed by atoms with Gasteiger partial charge >= 0.3 is 0 Å². The van der Waals surface area contributed by atoms with Crippen molar-refractivity contribution in [1.29, 1.82) is 0 Å². The maximum Gasteiger partial charge on any atom is 0.137 e. The monoisotopic (exact) mass is 341 g/mol. The molecule has 1 heterocycles. The quantitative estimate of drug-likeness (QED) is 0.732. The third-order valence-electron chi connectivity index (χ3n) is 3.42. The van der Waals surface area contributed by atoms with Crippen LogP contribution in [0.4, 0.5) is 0 Å². The Morgan fingerprint density at radius 1 is 1.32 bits per heavy atom. The van der Waals surface area contributed by atoms with Gasteiger partial charge in [-0.25, -0.2) is 9.67 Å². The van der Waals surface area contributed by atoms with Crippen LogP contribution in [0.3, 0.4) is 0 Å². The lowest BCUT2D eigenvalue weighted by Gasteiger charge is -2.36. The van der Waals surface area contributed by atoms with Crippen molar-refractivity contribution in [1.82, 2.24) is 14.8 Å². The Labute approximate surface area is 141 Å². The van der Waals surface area contributed by atoms with Gasteiger partial charge in [0.25, 0.3) is 0 Å². The van der Waals surface area contributed by atoms with Gasteiger partial charge in [0.2, 0.25) is 0 Å². The number of ether oxygens (including phenoxy) is 1. The fourth-order valence-corrected chi connectivity index (χ4v) is 3.33. The number of aromatic nitrogens is 3. The molecule has 0 aliphatic heterocycles. The van der Waals surface area contributed by atoms with Crippen LogP contribution in [0.15, 0.2) is 30.9 Å². The van der Waals surface area contributed by atoms with Gasteiger partial charge in [-0.05, 0) is 32.4 Å². The van der Waals surface area contributed by atoms with Crippen LogP contribution in [-0.4, -0.2) is 20.9 Å². The second-order valence-electron chi connectivity index (χ2n) is 5.63. The lowest BCUT2D eigenvalue weighted by molar-refractivity contribution is -0.104. The molecule has 1 atom stereocenters. The van der Waals surface area contributed by atoms with Gasteiger partial charge in [0.15, 0.2) is 0 Å². The first-order chi connectivity index (χ1) is 10.5. The van der Waals surface area contributed by atoms with Crippen molar-refractivity contribution >= 4 is 23.2 Å². The topological polar surface area (TPSA) is 39.9 Å². The Balaban J connectivity index is 2.49. The van der Waals surface area contributed by atoms with Crippen molar-refractivity contribution in [3.05, 3.63) is 46.5 Å². The van der Waals surface area contributed by atoms with E-state index in [1.807, 2.05) is 26.0 Å². The van der Waals surface area contributed by atoms with Gasteiger partial charge in [-0.2, -0.15) is 5.10 Å². The fraction of sp³-hybridized carbons (Fsp3) is 0.500. The summed E-state index contributed by atoms with van der Waals surface area (Å²) in [6.07, 6.45) is 5.06. The molecule has 0 fully saturated rings. The van der Waals surface area contributed by atoms with Crippen LogP contribution in [0.25, 0.3) is 0 Å². The number of halogens is 2. The molecule has 120 valence electrons. The Morgan fingerprint density at radius 2 is 2.09 bits per heavy atom. The molecule has 0 saturated heterocycles. The molecule has 0 N–H and O–H groups in total. The summed E-state index contributed by atoms with van der Waals surface area (Å²) in [4.78, 5) is 4.02. The summed E-state index contributed by atoms with van der Waals surface area (Å²) >= 11 is 12.5. The molecular weight excluding hydrogens is 321 g/mol. The highest BCUT2D eigenvalue weighted by Gasteiger charge is 2.36. The molecule has 0 radical (unpaired) electrons. The minimum absolute atomic E-state index is 0.0572. The molecule has 2 rings (SSSR count). The molecule has 0 spiro atoms. The lowest BCUT2D eigenvalue weighted by Crippen LogP contribution is -2.37. The highest BCUT2D eigenvalue weighted by molar-refractivity contribution is 6.35. The van der Waals surface area contributed by atoms with Crippen LogP contribution < -0.4 is 0 Å². The standard InChI is InChI=1S/C16H21Cl2N3O/c1-4-7-16(22-12(2)3,9-21-11-19-10-20-21)14-6-5-13(17)8-15(14)18/h5-6,8,10-12H,4,7,9H2,1-3H3. The van der Waals surface area contributed by atoms with Gasteiger partial charge in [-0.3, -0.25) is 0 Å². The first kappa shape index (κ1) is 17.3. The maximum absolute atomic E-state index is 6.46. The highest BCUT2D eigenvalue weighted by Crippen LogP contribution is 2.39. The molecule has 2 aromatic rings. The summed E-state index contributed by atoms with van der Waals surface area (Å²) < 4.78 is 8.12. The Kier molecular flexibility index (Phi) is 5.84. The van der Waals surface area contributed by atoms with E-state index in [-0.39, 0.29) is 6.10 Å². The van der Waals surface area contributed by atoms with Crippen molar-refractivity contribution in [2.24, 2.45) is 0 Å². The van der Waals surface area contributed by atoms with Crippen LogP contribution in [-0.2, 0) is 16.9 Å². The summed E-state index contributed by atoms with van der Waals surface area (Å²) in [7, 11) is 0. The predicted octanol–water partition coefficient (Wildman–Crippen LogP) is 4.71. The molecule has 1 aromatic heterocycles. The van der Waals surface area contributed by atoms with Crippen LogP contribution in [0.2, 0.25) is 10.0 Å². The highest BCUT2D eigenvalue weighted by atomic mass is 35.5. The lowest BCUT2D eigenvalue weighted by atomic mass is 9.88. The van der Waals surface area contributed by atoms with Crippen molar-refractivity contribution in [3.63, 3.8) is 0 Å². The Morgan fingerprint density at radius 3 is 2.64 bits per heavy atom. The third-order valence-corrected chi connectivity index (χ3v) is 3.97. The molecule has 4 nitrogen and oxygen atoms in total. The van der Waals surface area contributed by atoms with Gasteiger partial charge in [-0.15, -0.1) is 0 Å². The summed E-state index contributed by atoms with van der Waals surface area (Å²) in [5, 5.41) is 5.45. The second kappa shape index (κ2) is 7.44. The zero-order valence-corrected chi connectivity index (χ0v) is 14.6. The van der Waals surface area contributed by atoms with Crippen LogP contribution in [0, 0.1) is 0 Å². The summed E-state index contributed by atoms with van der Waals surface area (Å²) in [6, 6.07) is 5.55. The van der Waals surface area contributed by atoms with E-state index in [1.165, 1.54) is 6.33 Å². The predicted molar refractivity (Wildman–Crippen MR) is 89.3 cm³/mol. The Hall–Kier alpha value is -1.10. The first-order valence-electron chi connectivity index (χ1n) is 7.42. The third kappa shape index (κ3) is 4.00. The molecule has 1 unspecified atom stereocenters. The van der Waals surface area contributed by atoms with E-state index in [1.54, 1.807) is 17.1 Å². The number of hydrogen-bond acceptors (Lipinski definition) is 3. The summed E-state index contributed by atoms with van der Waals surface area (Å²) in [5.41, 5.74) is 0.378. The van der Waals surface area contributed by atoms with Crippen LogP contribution in [0.1, 0.15) is 39.2 Å². The molecule has 0 aliphatic rings. The molecule has 22 heavy (non-hydrogen) atoms. The normalized spacial score (nSPS) is 14.3. The van der Waals surface area contributed by atoms with Crippen molar-refractivity contribution < 1.29 is 4.74 Å². The zero-order chi connectivity index (χ0) is 16.2. The van der Waals surface area contributed by atoms with Gasteiger partial charge in [0.05, 0.1) is 12.6 Å². The SMILES string of the molecule is CCCC(Cn1cncn1)(OC(C)C)c1ccc(Cl)cc1Cl. The van der Waals surface area contributed by atoms with E-state index in [2.05, 4.69) is 17.0 Å². The fourth-order valence-electron chi connectivity index (χ4n) is 2.75. The smallest absolute Gasteiger partial charge is 0.137 e. The van der Waals surface area contributed by atoms with E-state index >= 15 is 0 Å². The van der Waals surface area contributed by atoms with E-state index < -0.39 is 5.60 Å². The maximum atomic E-state index is 6.46. The average molecular weight is 342 g/mol. The Bertz CT molecular complexity index is 601. The molecule has 1 aromatic carbocycles. The number of benzene rings is 1. The van der Waals surface area contributed by atoms with Gasteiger partial charge in [0, 0.05) is 15.6 Å². The summed E-state index contributed by atoms with van der Waals surface area (Å²) in [5.74, 6) is 0. The van der Waals surface area contributed by atoms with E-state index in [4.69, 9.17) is 27.9 Å². The van der Waals surface area contributed by atoms with E-state index in [9.17, 15) is 0 Å². The first-order valence-corrected chi connectivity index (χ1v) is 8.18. The molecule has 6 heteroatoms. The van der Waals surface area contributed by atoms with Gasteiger partial charge in [0.1, 0.15) is 18.3 Å². The molecule has 0 amide bonds. The average Bonchev–Trinajstić information content (AvgIpc) is 2.90. The van der Waals surface area contributed by atoms with Crippen molar-refractivity contribution in [2.45, 2.75) is 51.9 Å². The minimum atomic E-state index is -0.557. The van der Waals surface area contributed by atoms with Crippen molar-refractivity contribution in [2.75, 3.05) is 0 Å². The van der Waals surface area contributed by atoms with E-state index in [0.717, 1.165) is 18.4 Å². The van der Waals surface area contributed by atoms with E-state index in [0.29, 0.717) is 16.6 Å². The second-order valence-corrected chi connectivity index (χ2v) is 6.47. The molecule has 0 bridgehead atoms. The summed E-state index contributed by atoms with van der Waals surface area (Å²) in [6.45, 7) is 6.73. The van der Waals surface area contributed by atoms with Gasteiger partial charge < -0.3 is 4.74 Å². The minimum Gasteiger partial charge on any atom is -0.366 e. The molecule has 0 aliphatic carbocycles. The molecule has 0 saturated carbocycles.